The van der Waals surface area contributed by atoms with Crippen LogP contribution >= 0.6 is 11.3 Å². The number of aromatic nitrogens is 1. The highest BCUT2D eigenvalue weighted by Gasteiger charge is 2.33. The third kappa shape index (κ3) is 1.81. The lowest BCUT2D eigenvalue weighted by Gasteiger charge is -2.05. The van der Waals surface area contributed by atoms with Crippen molar-refractivity contribution in [2.75, 3.05) is 0 Å². The molecule has 1 atom stereocenters. The van der Waals surface area contributed by atoms with Gasteiger partial charge >= 0.3 is 5.97 Å². The second-order valence-corrected chi connectivity index (χ2v) is 5.69. The predicted molar refractivity (Wildman–Crippen MR) is 71.9 cm³/mol. The van der Waals surface area contributed by atoms with E-state index in [1.54, 1.807) is 6.07 Å². The van der Waals surface area contributed by atoms with Crippen LogP contribution in [0, 0.1) is 6.92 Å². The van der Waals surface area contributed by atoms with Crippen molar-refractivity contribution in [1.82, 2.24) is 4.57 Å². The monoisotopic (exact) mass is 275 g/mol. The van der Waals surface area contributed by atoms with Gasteiger partial charge in [0.15, 0.2) is 0 Å². The van der Waals surface area contributed by atoms with Gasteiger partial charge in [-0.05, 0) is 36.4 Å². The molecule has 0 spiro atoms. The van der Waals surface area contributed by atoms with Gasteiger partial charge < -0.3 is 9.67 Å². The Hall–Kier alpha value is -1.88. The van der Waals surface area contributed by atoms with E-state index in [9.17, 15) is 14.7 Å². The van der Waals surface area contributed by atoms with E-state index in [4.69, 9.17) is 0 Å². The SMILES string of the molecule is Cc1cc2n(c1C(=O)c1cccs1)CCC2C(=O)O. The molecule has 3 heterocycles. The highest BCUT2D eigenvalue weighted by Crippen LogP contribution is 2.34. The minimum atomic E-state index is -0.814. The summed E-state index contributed by atoms with van der Waals surface area (Å²) in [6, 6.07) is 5.49. The van der Waals surface area contributed by atoms with Crippen LogP contribution < -0.4 is 0 Å². The fourth-order valence-corrected chi connectivity index (χ4v) is 3.39. The van der Waals surface area contributed by atoms with Crippen LogP contribution in [0.1, 0.15) is 39.0 Å². The number of thiophene rings is 1. The number of aryl methyl sites for hydroxylation is 1. The molecule has 1 aliphatic heterocycles. The number of rotatable bonds is 3. The summed E-state index contributed by atoms with van der Waals surface area (Å²) in [6.45, 7) is 2.47. The number of carbonyl (C=O) groups is 2. The summed E-state index contributed by atoms with van der Waals surface area (Å²) in [5, 5.41) is 11.1. The molecule has 1 aliphatic rings. The third-order valence-corrected chi connectivity index (χ3v) is 4.44. The topological polar surface area (TPSA) is 59.3 Å². The van der Waals surface area contributed by atoms with Crippen LogP contribution in [0.3, 0.4) is 0 Å². The normalized spacial score (nSPS) is 17.4. The summed E-state index contributed by atoms with van der Waals surface area (Å²) in [5.41, 5.74) is 2.26. The van der Waals surface area contributed by atoms with Gasteiger partial charge in [-0.1, -0.05) is 6.07 Å². The average molecular weight is 275 g/mol. The number of ketones is 1. The van der Waals surface area contributed by atoms with Gasteiger partial charge in [-0.25, -0.2) is 0 Å². The number of hydrogen-bond donors (Lipinski definition) is 1. The van der Waals surface area contributed by atoms with Crippen molar-refractivity contribution in [2.45, 2.75) is 25.8 Å². The van der Waals surface area contributed by atoms with Gasteiger partial charge in [0.2, 0.25) is 5.78 Å². The van der Waals surface area contributed by atoms with Crippen LogP contribution in [-0.4, -0.2) is 21.4 Å². The van der Waals surface area contributed by atoms with Crippen molar-refractivity contribution >= 4 is 23.1 Å². The second-order valence-electron chi connectivity index (χ2n) is 4.74. The van der Waals surface area contributed by atoms with Gasteiger partial charge in [-0.15, -0.1) is 11.3 Å². The van der Waals surface area contributed by atoms with Crippen LogP contribution in [0.4, 0.5) is 0 Å². The van der Waals surface area contributed by atoms with Gasteiger partial charge in [0.1, 0.15) is 0 Å². The molecule has 2 aromatic heterocycles. The smallest absolute Gasteiger partial charge is 0.312 e. The summed E-state index contributed by atoms with van der Waals surface area (Å²) in [7, 11) is 0. The van der Waals surface area contributed by atoms with E-state index in [2.05, 4.69) is 0 Å². The molecule has 3 rings (SSSR count). The highest BCUT2D eigenvalue weighted by molar-refractivity contribution is 7.12. The Morgan fingerprint density at radius 3 is 2.89 bits per heavy atom. The van der Waals surface area contributed by atoms with Gasteiger partial charge in [0.25, 0.3) is 0 Å². The number of fused-ring (bicyclic) bond motifs is 1. The first kappa shape index (κ1) is 12.2. The quantitative estimate of drug-likeness (QED) is 0.876. The fourth-order valence-electron chi connectivity index (χ4n) is 2.72. The lowest BCUT2D eigenvalue weighted by Crippen LogP contribution is -2.09. The molecule has 0 fully saturated rings. The van der Waals surface area contributed by atoms with Crippen LogP contribution in [0.15, 0.2) is 23.6 Å². The average Bonchev–Trinajstić information content (AvgIpc) is 3.01. The molecule has 4 nitrogen and oxygen atoms in total. The summed E-state index contributed by atoms with van der Waals surface area (Å²) >= 11 is 1.41. The minimum absolute atomic E-state index is 0.00945. The Balaban J connectivity index is 2.07. The summed E-state index contributed by atoms with van der Waals surface area (Å²) < 4.78 is 1.87. The van der Waals surface area contributed by atoms with E-state index < -0.39 is 11.9 Å². The maximum absolute atomic E-state index is 12.5. The molecule has 0 bridgehead atoms. The van der Waals surface area contributed by atoms with Crippen LogP contribution in [0.5, 0.6) is 0 Å². The predicted octanol–water partition coefficient (Wildman–Crippen LogP) is 2.66. The Kier molecular flexibility index (Phi) is 2.78. The molecule has 0 aliphatic carbocycles. The maximum atomic E-state index is 12.5. The Morgan fingerprint density at radius 1 is 1.47 bits per heavy atom. The molecule has 0 radical (unpaired) electrons. The van der Waals surface area contributed by atoms with E-state index in [1.165, 1.54) is 11.3 Å². The number of carbonyl (C=O) groups excluding carboxylic acids is 1. The zero-order chi connectivity index (χ0) is 13.6. The van der Waals surface area contributed by atoms with Gasteiger partial charge in [-0.3, -0.25) is 9.59 Å². The number of carboxylic acid groups (broad SMARTS) is 1. The Morgan fingerprint density at radius 2 is 2.26 bits per heavy atom. The molecule has 0 amide bonds. The van der Waals surface area contributed by atoms with Crippen molar-refractivity contribution in [2.24, 2.45) is 0 Å². The lowest BCUT2D eigenvalue weighted by atomic mass is 10.0. The lowest BCUT2D eigenvalue weighted by molar-refractivity contribution is -0.138. The molecule has 5 heteroatoms. The van der Waals surface area contributed by atoms with Gasteiger partial charge in [0, 0.05) is 12.2 Å². The van der Waals surface area contributed by atoms with Crippen LogP contribution in [-0.2, 0) is 11.3 Å². The molecular weight excluding hydrogens is 262 g/mol. The van der Waals surface area contributed by atoms with E-state index in [-0.39, 0.29) is 5.78 Å². The molecule has 98 valence electrons. The van der Waals surface area contributed by atoms with Crippen molar-refractivity contribution in [3.05, 3.63) is 45.4 Å². The van der Waals surface area contributed by atoms with Crippen molar-refractivity contribution < 1.29 is 14.7 Å². The van der Waals surface area contributed by atoms with E-state index in [0.717, 1.165) is 11.3 Å². The molecule has 1 N–H and O–H groups in total. The largest absolute Gasteiger partial charge is 0.481 e. The molecule has 0 aromatic carbocycles. The molecular formula is C14H13NO3S. The standard InChI is InChI=1S/C14H13NO3S/c1-8-7-10-9(14(17)18)4-5-15(10)12(8)13(16)11-3-2-6-19-11/h2-3,6-7,9H,4-5H2,1H3,(H,17,18). The summed E-state index contributed by atoms with van der Waals surface area (Å²) in [5.74, 6) is -1.31. The second kappa shape index (κ2) is 4.35. The third-order valence-electron chi connectivity index (χ3n) is 3.58. The van der Waals surface area contributed by atoms with Gasteiger partial charge in [-0.2, -0.15) is 0 Å². The van der Waals surface area contributed by atoms with Crippen molar-refractivity contribution in [1.29, 1.82) is 0 Å². The molecule has 2 aromatic rings. The molecule has 0 saturated heterocycles. The van der Waals surface area contributed by atoms with Crippen molar-refractivity contribution in [3.63, 3.8) is 0 Å². The zero-order valence-corrected chi connectivity index (χ0v) is 11.2. The maximum Gasteiger partial charge on any atom is 0.312 e. The van der Waals surface area contributed by atoms with E-state index in [1.807, 2.05) is 29.0 Å². The van der Waals surface area contributed by atoms with Crippen molar-refractivity contribution in [3.8, 4) is 0 Å². The number of hydrogen-bond acceptors (Lipinski definition) is 3. The summed E-state index contributed by atoms with van der Waals surface area (Å²) in [6.07, 6.45) is 0.565. The number of nitrogens with zero attached hydrogens (tertiary/aromatic N) is 1. The number of carboxylic acids is 1. The van der Waals surface area contributed by atoms with E-state index in [0.29, 0.717) is 23.5 Å². The zero-order valence-electron chi connectivity index (χ0n) is 10.4. The fraction of sp³-hybridized carbons (Fsp3) is 0.286. The Bertz CT molecular complexity index is 655. The molecule has 19 heavy (non-hydrogen) atoms. The molecule has 0 saturated carbocycles. The number of aliphatic carboxylic acids is 1. The first-order valence-corrected chi connectivity index (χ1v) is 6.98. The first-order chi connectivity index (χ1) is 9.09. The highest BCUT2D eigenvalue weighted by atomic mass is 32.1. The van der Waals surface area contributed by atoms with E-state index >= 15 is 0 Å². The van der Waals surface area contributed by atoms with Crippen LogP contribution in [0.2, 0.25) is 0 Å². The minimum Gasteiger partial charge on any atom is -0.481 e. The first-order valence-electron chi connectivity index (χ1n) is 6.10. The molecule has 1 unspecified atom stereocenters. The summed E-state index contributed by atoms with van der Waals surface area (Å²) in [4.78, 5) is 24.4. The Labute approximate surface area is 114 Å². The van der Waals surface area contributed by atoms with Crippen LogP contribution in [0.25, 0.3) is 0 Å². The van der Waals surface area contributed by atoms with Gasteiger partial charge in [0.05, 0.1) is 16.5 Å².